The first-order valence-corrected chi connectivity index (χ1v) is 6.15. The van der Waals surface area contributed by atoms with E-state index in [9.17, 15) is 0 Å². The van der Waals surface area contributed by atoms with Gasteiger partial charge in [-0.15, -0.1) is 0 Å². The Bertz CT molecular complexity index is 530. The van der Waals surface area contributed by atoms with Gasteiger partial charge in [0.2, 0.25) is 0 Å². The van der Waals surface area contributed by atoms with Gasteiger partial charge >= 0.3 is 0 Å². The van der Waals surface area contributed by atoms with Crippen molar-refractivity contribution in [3.05, 3.63) is 47.3 Å². The van der Waals surface area contributed by atoms with Crippen molar-refractivity contribution >= 4 is 5.69 Å². The van der Waals surface area contributed by atoms with Crippen molar-refractivity contribution in [2.24, 2.45) is 7.05 Å². The number of rotatable bonds is 4. The maximum absolute atomic E-state index is 5.92. The molecule has 3 N–H and O–H groups in total. The van der Waals surface area contributed by atoms with E-state index in [4.69, 9.17) is 5.73 Å². The predicted octanol–water partition coefficient (Wildman–Crippen LogP) is 2.16. The third-order valence-corrected chi connectivity index (χ3v) is 3.39. The van der Waals surface area contributed by atoms with Crippen LogP contribution < -0.4 is 11.1 Å². The van der Waals surface area contributed by atoms with Gasteiger partial charge in [0, 0.05) is 36.6 Å². The summed E-state index contributed by atoms with van der Waals surface area (Å²) in [5, 5.41) is 7.74. The number of para-hydroxylation sites is 1. The van der Waals surface area contributed by atoms with Crippen molar-refractivity contribution < 1.29 is 0 Å². The van der Waals surface area contributed by atoms with Crippen LogP contribution in [0.2, 0.25) is 0 Å². The molecule has 2 rings (SSSR count). The van der Waals surface area contributed by atoms with E-state index in [0.717, 1.165) is 17.8 Å². The van der Waals surface area contributed by atoms with E-state index in [1.54, 1.807) is 0 Å². The molecule has 1 atom stereocenters. The molecule has 0 saturated carbocycles. The van der Waals surface area contributed by atoms with Crippen molar-refractivity contribution in [3.8, 4) is 0 Å². The van der Waals surface area contributed by atoms with Crippen LogP contribution in [0.25, 0.3) is 0 Å². The molecule has 18 heavy (non-hydrogen) atoms. The molecule has 1 aromatic heterocycles. The Morgan fingerprint density at radius 1 is 1.39 bits per heavy atom. The zero-order valence-corrected chi connectivity index (χ0v) is 11.1. The molecule has 0 spiro atoms. The number of benzene rings is 1. The number of nitrogens with two attached hydrogens (primary N) is 1. The Hall–Kier alpha value is -1.81. The highest BCUT2D eigenvalue weighted by Crippen LogP contribution is 2.17. The molecule has 0 aliphatic heterocycles. The summed E-state index contributed by atoms with van der Waals surface area (Å²) >= 11 is 0. The summed E-state index contributed by atoms with van der Waals surface area (Å²) in [7, 11) is 1.96. The van der Waals surface area contributed by atoms with E-state index in [2.05, 4.69) is 24.3 Å². The first-order chi connectivity index (χ1) is 8.59. The highest BCUT2D eigenvalue weighted by molar-refractivity contribution is 5.46. The first kappa shape index (κ1) is 12.6. The molecule has 2 aromatic rings. The SMILES string of the molecule is Cc1c(C(C)NCc2ccccc2N)cnn1C. The Labute approximate surface area is 108 Å². The van der Waals surface area contributed by atoms with Crippen LogP contribution in [0.1, 0.15) is 29.8 Å². The van der Waals surface area contributed by atoms with Crippen LogP contribution in [-0.4, -0.2) is 9.78 Å². The number of hydrogen-bond donors (Lipinski definition) is 2. The average Bonchev–Trinajstić information content (AvgIpc) is 2.69. The normalized spacial score (nSPS) is 12.6. The molecule has 0 amide bonds. The van der Waals surface area contributed by atoms with Crippen LogP contribution >= 0.6 is 0 Å². The van der Waals surface area contributed by atoms with Gasteiger partial charge in [-0.3, -0.25) is 4.68 Å². The Kier molecular flexibility index (Phi) is 3.67. The maximum atomic E-state index is 5.92. The summed E-state index contributed by atoms with van der Waals surface area (Å²) in [6, 6.07) is 8.20. The minimum atomic E-state index is 0.262. The second-order valence-corrected chi connectivity index (χ2v) is 4.61. The second kappa shape index (κ2) is 5.23. The van der Waals surface area contributed by atoms with Gasteiger partial charge in [0.05, 0.1) is 6.20 Å². The van der Waals surface area contributed by atoms with Crippen LogP contribution in [0.5, 0.6) is 0 Å². The lowest BCUT2D eigenvalue weighted by Gasteiger charge is -2.14. The fourth-order valence-electron chi connectivity index (χ4n) is 2.01. The van der Waals surface area contributed by atoms with Crippen LogP contribution in [0.4, 0.5) is 5.69 Å². The summed E-state index contributed by atoms with van der Waals surface area (Å²) < 4.78 is 1.89. The molecule has 0 aliphatic rings. The summed E-state index contributed by atoms with van der Waals surface area (Å²) in [5.41, 5.74) is 10.3. The van der Waals surface area contributed by atoms with Gasteiger partial charge in [0.25, 0.3) is 0 Å². The lowest BCUT2D eigenvalue weighted by atomic mass is 10.1. The number of hydrogen-bond acceptors (Lipinski definition) is 3. The number of aryl methyl sites for hydroxylation is 1. The minimum Gasteiger partial charge on any atom is -0.398 e. The second-order valence-electron chi connectivity index (χ2n) is 4.61. The summed E-state index contributed by atoms with van der Waals surface area (Å²) in [6.07, 6.45) is 1.92. The van der Waals surface area contributed by atoms with Gasteiger partial charge in [-0.1, -0.05) is 18.2 Å². The third-order valence-electron chi connectivity index (χ3n) is 3.39. The minimum absolute atomic E-state index is 0.262. The average molecular weight is 244 g/mol. The maximum Gasteiger partial charge on any atom is 0.0540 e. The molecule has 0 fully saturated rings. The van der Waals surface area contributed by atoms with Gasteiger partial charge < -0.3 is 11.1 Å². The quantitative estimate of drug-likeness (QED) is 0.810. The van der Waals surface area contributed by atoms with Crippen molar-refractivity contribution in [3.63, 3.8) is 0 Å². The predicted molar refractivity (Wildman–Crippen MR) is 74.1 cm³/mol. The zero-order chi connectivity index (χ0) is 13.1. The van der Waals surface area contributed by atoms with E-state index in [-0.39, 0.29) is 6.04 Å². The van der Waals surface area contributed by atoms with Crippen LogP contribution in [0, 0.1) is 6.92 Å². The number of aromatic nitrogens is 2. The smallest absolute Gasteiger partial charge is 0.0540 e. The molecule has 4 heteroatoms. The molecule has 0 saturated heterocycles. The molecule has 0 radical (unpaired) electrons. The molecule has 96 valence electrons. The Morgan fingerprint density at radius 3 is 2.72 bits per heavy atom. The third kappa shape index (κ3) is 2.54. The molecule has 0 bridgehead atoms. The highest BCUT2D eigenvalue weighted by atomic mass is 15.3. The van der Waals surface area contributed by atoms with Crippen molar-refractivity contribution in [1.29, 1.82) is 0 Å². The molecular formula is C14H20N4. The number of nitrogens with zero attached hydrogens (tertiary/aromatic N) is 2. The van der Waals surface area contributed by atoms with Crippen LogP contribution in [0.3, 0.4) is 0 Å². The van der Waals surface area contributed by atoms with E-state index >= 15 is 0 Å². The fourth-order valence-corrected chi connectivity index (χ4v) is 2.01. The number of nitrogens with one attached hydrogen (secondary N) is 1. The zero-order valence-electron chi connectivity index (χ0n) is 11.1. The van der Waals surface area contributed by atoms with Gasteiger partial charge in [0.1, 0.15) is 0 Å². The monoisotopic (exact) mass is 244 g/mol. The van der Waals surface area contributed by atoms with E-state index in [1.165, 1.54) is 11.3 Å². The molecule has 4 nitrogen and oxygen atoms in total. The largest absolute Gasteiger partial charge is 0.398 e. The molecular weight excluding hydrogens is 224 g/mol. The van der Waals surface area contributed by atoms with Gasteiger partial charge in [-0.05, 0) is 25.5 Å². The standard InChI is InChI=1S/C14H20N4/c1-10(13-9-17-18(3)11(13)2)16-8-12-6-4-5-7-14(12)15/h4-7,9-10,16H,8,15H2,1-3H3. The van der Waals surface area contributed by atoms with Gasteiger partial charge in [0.15, 0.2) is 0 Å². The number of nitrogen functional groups attached to an aromatic ring is 1. The van der Waals surface area contributed by atoms with Gasteiger partial charge in [-0.2, -0.15) is 5.10 Å². The summed E-state index contributed by atoms with van der Waals surface area (Å²) in [5.74, 6) is 0. The van der Waals surface area contributed by atoms with Gasteiger partial charge in [-0.25, -0.2) is 0 Å². The molecule has 1 aromatic carbocycles. The lowest BCUT2D eigenvalue weighted by Crippen LogP contribution is -2.19. The van der Waals surface area contributed by atoms with Crippen molar-refractivity contribution in [1.82, 2.24) is 15.1 Å². The first-order valence-electron chi connectivity index (χ1n) is 6.15. The molecule has 1 heterocycles. The molecule has 0 aliphatic carbocycles. The fraction of sp³-hybridized carbons (Fsp3) is 0.357. The van der Waals surface area contributed by atoms with E-state index in [1.807, 2.05) is 42.2 Å². The molecule has 1 unspecified atom stereocenters. The van der Waals surface area contributed by atoms with Crippen LogP contribution in [0.15, 0.2) is 30.5 Å². The highest BCUT2D eigenvalue weighted by Gasteiger charge is 2.11. The summed E-state index contributed by atoms with van der Waals surface area (Å²) in [6.45, 7) is 4.99. The van der Waals surface area contributed by atoms with Crippen molar-refractivity contribution in [2.75, 3.05) is 5.73 Å². The van der Waals surface area contributed by atoms with Crippen molar-refractivity contribution in [2.45, 2.75) is 26.4 Å². The van der Waals surface area contributed by atoms with E-state index in [0.29, 0.717) is 0 Å². The summed E-state index contributed by atoms with van der Waals surface area (Å²) in [4.78, 5) is 0. The van der Waals surface area contributed by atoms with E-state index < -0.39 is 0 Å². The van der Waals surface area contributed by atoms with Crippen LogP contribution in [-0.2, 0) is 13.6 Å². The lowest BCUT2D eigenvalue weighted by molar-refractivity contribution is 0.571. The Balaban J connectivity index is 2.03. The number of anilines is 1. The topological polar surface area (TPSA) is 55.9 Å². The Morgan fingerprint density at radius 2 is 2.11 bits per heavy atom.